The lowest BCUT2D eigenvalue weighted by atomic mass is 10.1. The smallest absolute Gasteiger partial charge is 0.207 e. The fraction of sp³-hybridized carbons (Fsp3) is 0.524. The molecule has 1 aliphatic carbocycles. The third kappa shape index (κ3) is 8.15. The molecule has 5 N–H and O–H groups in total. The summed E-state index contributed by atoms with van der Waals surface area (Å²) < 4.78 is 0. The predicted octanol–water partition coefficient (Wildman–Crippen LogP) is 2.92. The van der Waals surface area contributed by atoms with Gasteiger partial charge < -0.3 is 21.7 Å². The maximum atomic E-state index is 10.5. The van der Waals surface area contributed by atoms with Crippen molar-refractivity contribution in [2.24, 2.45) is 10.7 Å². The monoisotopic (exact) mass is 371 g/mol. The summed E-state index contributed by atoms with van der Waals surface area (Å²) in [5.41, 5.74) is 11.0. The second-order valence-corrected chi connectivity index (χ2v) is 7.09. The summed E-state index contributed by atoms with van der Waals surface area (Å²) >= 11 is 0. The number of hydrogen-bond acceptors (Lipinski definition) is 3. The minimum atomic E-state index is 0.145. The number of hydrogen-bond donors (Lipinski definition) is 4. The molecule has 0 spiro atoms. The van der Waals surface area contributed by atoms with E-state index in [-0.39, 0.29) is 6.04 Å². The number of rotatable bonds is 12. The van der Waals surface area contributed by atoms with Gasteiger partial charge in [0.2, 0.25) is 6.41 Å². The summed E-state index contributed by atoms with van der Waals surface area (Å²) in [4.78, 5) is 14.7. The van der Waals surface area contributed by atoms with Crippen molar-refractivity contribution in [2.75, 3.05) is 18.4 Å². The number of guanidine groups is 1. The Hall–Kier alpha value is -2.50. The molecule has 2 rings (SSSR count). The first-order valence-electron chi connectivity index (χ1n) is 9.92. The Kier molecular flexibility index (Phi) is 8.68. The van der Waals surface area contributed by atoms with E-state index in [1.807, 2.05) is 6.92 Å². The first-order valence-corrected chi connectivity index (χ1v) is 9.92. The predicted molar refractivity (Wildman–Crippen MR) is 113 cm³/mol. The van der Waals surface area contributed by atoms with Crippen LogP contribution in [-0.2, 0) is 11.2 Å². The SMILES string of the molecule is CCCN=C(N)NCCCC(Nc1ccc(CC(C)NC=O)cc1)=C1CC1. The molecule has 148 valence electrons. The van der Waals surface area contributed by atoms with E-state index in [0.717, 1.165) is 50.9 Å². The molecule has 0 saturated heterocycles. The summed E-state index contributed by atoms with van der Waals surface area (Å²) in [6, 6.07) is 8.60. The normalized spacial score (nSPS) is 14.4. The standard InChI is InChI=1S/C21H33N5O/c1-3-12-23-21(22)24-13-4-5-20(18-8-9-18)26-19-10-6-17(7-11-19)14-16(2)25-15-27/h6-7,10-11,15-16,26H,3-5,8-9,12-14H2,1-2H3,(H,25,27)(H3,22,23,24). The van der Waals surface area contributed by atoms with Crippen molar-refractivity contribution in [1.29, 1.82) is 0 Å². The molecule has 1 aliphatic rings. The minimum absolute atomic E-state index is 0.145. The zero-order valence-electron chi connectivity index (χ0n) is 16.6. The van der Waals surface area contributed by atoms with Crippen LogP contribution in [0.2, 0.25) is 0 Å². The van der Waals surface area contributed by atoms with Crippen LogP contribution in [0.4, 0.5) is 5.69 Å². The number of anilines is 1. The highest BCUT2D eigenvalue weighted by Crippen LogP contribution is 2.34. The molecule has 1 fully saturated rings. The van der Waals surface area contributed by atoms with Crippen LogP contribution in [0.1, 0.15) is 51.5 Å². The van der Waals surface area contributed by atoms with E-state index in [0.29, 0.717) is 5.96 Å². The van der Waals surface area contributed by atoms with Crippen molar-refractivity contribution in [3.8, 4) is 0 Å². The largest absolute Gasteiger partial charge is 0.370 e. The zero-order chi connectivity index (χ0) is 19.5. The van der Waals surface area contributed by atoms with Gasteiger partial charge in [-0.3, -0.25) is 9.79 Å². The van der Waals surface area contributed by atoms with Crippen molar-refractivity contribution in [3.05, 3.63) is 41.1 Å². The van der Waals surface area contributed by atoms with E-state index in [1.54, 1.807) is 0 Å². The average Bonchev–Trinajstić information content (AvgIpc) is 3.49. The van der Waals surface area contributed by atoms with Gasteiger partial charge in [-0.25, -0.2) is 0 Å². The summed E-state index contributed by atoms with van der Waals surface area (Å²) in [5.74, 6) is 0.541. The van der Waals surface area contributed by atoms with Crippen LogP contribution >= 0.6 is 0 Å². The topological polar surface area (TPSA) is 91.5 Å². The molecule has 6 heteroatoms. The molecule has 0 heterocycles. The lowest BCUT2D eigenvalue weighted by molar-refractivity contribution is -0.110. The minimum Gasteiger partial charge on any atom is -0.370 e. The highest BCUT2D eigenvalue weighted by Gasteiger charge is 2.17. The molecule has 1 amide bonds. The summed E-state index contributed by atoms with van der Waals surface area (Å²) in [6.07, 6.45) is 7.01. The number of benzene rings is 1. The molecule has 1 saturated carbocycles. The molecule has 1 atom stereocenters. The van der Waals surface area contributed by atoms with Crippen molar-refractivity contribution in [1.82, 2.24) is 10.6 Å². The van der Waals surface area contributed by atoms with Crippen molar-refractivity contribution >= 4 is 18.1 Å². The maximum Gasteiger partial charge on any atom is 0.207 e. The van der Waals surface area contributed by atoms with E-state index >= 15 is 0 Å². The number of amides is 1. The number of carbonyl (C=O) groups is 1. The van der Waals surface area contributed by atoms with Gasteiger partial charge in [0, 0.05) is 30.5 Å². The van der Waals surface area contributed by atoms with E-state index < -0.39 is 0 Å². The third-order valence-corrected chi connectivity index (χ3v) is 4.49. The highest BCUT2D eigenvalue weighted by atomic mass is 16.1. The van der Waals surface area contributed by atoms with E-state index in [1.165, 1.54) is 29.7 Å². The quantitative estimate of drug-likeness (QED) is 0.197. The van der Waals surface area contributed by atoms with E-state index in [9.17, 15) is 4.79 Å². The van der Waals surface area contributed by atoms with Crippen LogP contribution in [0.15, 0.2) is 40.5 Å². The second kappa shape index (κ2) is 11.3. The first kappa shape index (κ1) is 20.8. The van der Waals surface area contributed by atoms with Crippen LogP contribution in [-0.4, -0.2) is 31.5 Å². The van der Waals surface area contributed by atoms with Gasteiger partial charge in [-0.2, -0.15) is 0 Å². The van der Waals surface area contributed by atoms with Gasteiger partial charge in [0.05, 0.1) is 0 Å². The summed E-state index contributed by atoms with van der Waals surface area (Å²) in [5, 5.41) is 9.55. The summed E-state index contributed by atoms with van der Waals surface area (Å²) in [7, 11) is 0. The number of allylic oxidation sites excluding steroid dienone is 2. The van der Waals surface area contributed by atoms with Crippen LogP contribution in [0.25, 0.3) is 0 Å². The number of nitrogens with one attached hydrogen (secondary N) is 3. The van der Waals surface area contributed by atoms with Gasteiger partial charge in [0.25, 0.3) is 0 Å². The average molecular weight is 372 g/mol. The van der Waals surface area contributed by atoms with Crippen molar-refractivity contribution in [2.45, 2.75) is 58.4 Å². The second-order valence-electron chi connectivity index (χ2n) is 7.09. The number of carbonyl (C=O) groups excluding carboxylic acids is 1. The molecule has 1 unspecified atom stereocenters. The zero-order valence-corrected chi connectivity index (χ0v) is 16.6. The van der Waals surface area contributed by atoms with Gasteiger partial charge in [0.15, 0.2) is 5.96 Å². The fourth-order valence-electron chi connectivity index (χ4n) is 2.89. The van der Waals surface area contributed by atoms with Gasteiger partial charge >= 0.3 is 0 Å². The number of nitrogens with two attached hydrogens (primary N) is 1. The molecule has 1 aromatic carbocycles. The molecule has 0 bridgehead atoms. The highest BCUT2D eigenvalue weighted by molar-refractivity contribution is 5.77. The molecule has 27 heavy (non-hydrogen) atoms. The Morgan fingerprint density at radius 3 is 2.67 bits per heavy atom. The van der Waals surface area contributed by atoms with Crippen molar-refractivity contribution in [3.63, 3.8) is 0 Å². The maximum absolute atomic E-state index is 10.5. The number of aliphatic imine (C=N–C) groups is 1. The molecular weight excluding hydrogens is 338 g/mol. The van der Waals surface area contributed by atoms with E-state index in [4.69, 9.17) is 5.73 Å². The number of nitrogens with zero attached hydrogens (tertiary/aromatic N) is 1. The Labute approximate surface area is 162 Å². The molecular formula is C21H33N5O. The fourth-order valence-corrected chi connectivity index (χ4v) is 2.89. The molecule has 0 aromatic heterocycles. The Morgan fingerprint density at radius 1 is 1.30 bits per heavy atom. The molecule has 0 aliphatic heterocycles. The third-order valence-electron chi connectivity index (χ3n) is 4.49. The van der Waals surface area contributed by atoms with Gasteiger partial charge in [-0.1, -0.05) is 24.6 Å². The molecule has 6 nitrogen and oxygen atoms in total. The Bertz CT molecular complexity index is 645. The Balaban J connectivity index is 1.79. The molecule has 1 aromatic rings. The molecule has 0 radical (unpaired) electrons. The van der Waals surface area contributed by atoms with Crippen LogP contribution in [0.5, 0.6) is 0 Å². The lowest BCUT2D eigenvalue weighted by Gasteiger charge is -2.14. The summed E-state index contributed by atoms with van der Waals surface area (Å²) in [6.45, 7) is 5.70. The van der Waals surface area contributed by atoms with Crippen molar-refractivity contribution < 1.29 is 4.79 Å². The van der Waals surface area contributed by atoms with E-state index in [2.05, 4.69) is 52.1 Å². The van der Waals surface area contributed by atoms with Crippen LogP contribution in [0.3, 0.4) is 0 Å². The first-order chi connectivity index (χ1) is 13.1. The van der Waals surface area contributed by atoms with Crippen LogP contribution in [0, 0.1) is 0 Å². The Morgan fingerprint density at radius 2 is 2.04 bits per heavy atom. The van der Waals surface area contributed by atoms with Gasteiger partial charge in [-0.05, 0) is 63.1 Å². The van der Waals surface area contributed by atoms with Gasteiger partial charge in [0.1, 0.15) is 0 Å². The lowest BCUT2D eigenvalue weighted by Crippen LogP contribution is -2.32. The van der Waals surface area contributed by atoms with Gasteiger partial charge in [-0.15, -0.1) is 0 Å². The van der Waals surface area contributed by atoms with Crippen LogP contribution < -0.4 is 21.7 Å².